The number of benzene rings is 1. The molecule has 92 valence electrons. The predicted molar refractivity (Wildman–Crippen MR) is 66.0 cm³/mol. The summed E-state index contributed by atoms with van der Waals surface area (Å²) in [6.45, 7) is 0. The Morgan fingerprint density at radius 1 is 1.11 bits per heavy atom. The molecule has 2 nitrogen and oxygen atoms in total. The highest BCUT2D eigenvalue weighted by molar-refractivity contribution is 5.77. The molecule has 0 saturated heterocycles. The van der Waals surface area contributed by atoms with Gasteiger partial charge in [-0.25, -0.2) is 0 Å². The minimum atomic E-state index is 0.0463. The average Bonchev–Trinajstić information content (AvgIpc) is 2.93. The second-order valence-electron chi connectivity index (χ2n) is 6.45. The normalized spacial score (nSPS) is 48.8. The van der Waals surface area contributed by atoms with E-state index >= 15 is 0 Å². The molecular weight excluding hydrogens is 224 g/mol. The van der Waals surface area contributed by atoms with Gasteiger partial charge in [0.05, 0.1) is 13.0 Å². The summed E-state index contributed by atoms with van der Waals surface area (Å²) in [4.78, 5) is 11.8. The van der Waals surface area contributed by atoms with Gasteiger partial charge >= 0.3 is 5.97 Å². The number of ether oxygens (including phenoxy) is 1. The minimum Gasteiger partial charge on any atom is -0.469 e. The maximum atomic E-state index is 11.8. The largest absolute Gasteiger partial charge is 0.469 e. The molecule has 1 aromatic carbocycles. The Morgan fingerprint density at radius 2 is 1.67 bits per heavy atom. The number of hydrogen-bond acceptors (Lipinski definition) is 2. The number of hydrogen-bond donors (Lipinski definition) is 0. The Morgan fingerprint density at radius 3 is 2.17 bits per heavy atom. The number of methoxy groups -OCH3 is 1. The van der Waals surface area contributed by atoms with Crippen LogP contribution in [-0.4, -0.2) is 13.1 Å². The zero-order chi connectivity index (χ0) is 12.0. The monoisotopic (exact) mass is 240 g/mol. The second kappa shape index (κ2) is 2.81. The van der Waals surface area contributed by atoms with Gasteiger partial charge in [0.25, 0.3) is 0 Å². The Balaban J connectivity index is 1.53. The van der Waals surface area contributed by atoms with Gasteiger partial charge in [0, 0.05) is 0 Å². The third kappa shape index (κ3) is 0.827. The first-order valence-electron chi connectivity index (χ1n) is 6.99. The SMILES string of the molecule is COC(=O)C1[C@@H]2[C@@H]3C[C@@H]([C@H]4c5ccccc5[C@@H]34)[C@H]12. The summed E-state index contributed by atoms with van der Waals surface area (Å²) >= 11 is 0. The topological polar surface area (TPSA) is 26.3 Å². The summed E-state index contributed by atoms with van der Waals surface area (Å²) in [5.74, 6) is 4.65. The van der Waals surface area contributed by atoms with Gasteiger partial charge in [-0.15, -0.1) is 0 Å². The molecule has 0 spiro atoms. The third-order valence-corrected chi connectivity index (χ3v) is 6.16. The molecule has 0 aliphatic heterocycles. The molecule has 4 aliphatic carbocycles. The highest BCUT2D eigenvalue weighted by Gasteiger charge is 2.75. The lowest BCUT2D eigenvalue weighted by molar-refractivity contribution is -0.143. The molecule has 0 N–H and O–H groups in total. The van der Waals surface area contributed by atoms with E-state index in [1.165, 1.54) is 13.5 Å². The van der Waals surface area contributed by atoms with E-state index in [4.69, 9.17) is 4.74 Å². The van der Waals surface area contributed by atoms with E-state index in [1.54, 1.807) is 11.1 Å². The molecular formula is C16H16O2. The summed E-state index contributed by atoms with van der Waals surface area (Å²) in [6.07, 6.45) is 1.35. The van der Waals surface area contributed by atoms with Crippen LogP contribution in [0.15, 0.2) is 24.3 Å². The van der Waals surface area contributed by atoms with E-state index in [-0.39, 0.29) is 11.9 Å². The molecule has 1 unspecified atom stereocenters. The summed E-state index contributed by atoms with van der Waals surface area (Å²) in [6, 6.07) is 8.90. The Labute approximate surface area is 106 Å². The molecule has 1 aromatic rings. The van der Waals surface area contributed by atoms with Gasteiger partial charge in [-0.2, -0.15) is 0 Å². The number of esters is 1. The smallest absolute Gasteiger partial charge is 0.309 e. The fourth-order valence-electron chi connectivity index (χ4n) is 5.72. The number of carbonyl (C=O) groups is 1. The maximum absolute atomic E-state index is 11.8. The molecule has 4 aliphatic rings. The van der Waals surface area contributed by atoms with Gasteiger partial charge < -0.3 is 4.74 Å². The van der Waals surface area contributed by atoms with E-state index in [0.29, 0.717) is 11.8 Å². The molecule has 0 heterocycles. The fraction of sp³-hybridized carbons (Fsp3) is 0.562. The summed E-state index contributed by atoms with van der Waals surface area (Å²) < 4.78 is 4.96. The van der Waals surface area contributed by atoms with Crippen molar-refractivity contribution in [3.8, 4) is 0 Å². The van der Waals surface area contributed by atoms with Crippen LogP contribution in [0.4, 0.5) is 0 Å². The molecule has 3 saturated carbocycles. The van der Waals surface area contributed by atoms with Crippen LogP contribution in [0.2, 0.25) is 0 Å². The molecule has 0 amide bonds. The molecule has 18 heavy (non-hydrogen) atoms. The zero-order valence-corrected chi connectivity index (χ0v) is 10.4. The highest BCUT2D eigenvalue weighted by atomic mass is 16.5. The van der Waals surface area contributed by atoms with Crippen molar-refractivity contribution in [2.24, 2.45) is 29.6 Å². The van der Waals surface area contributed by atoms with Crippen LogP contribution in [0.5, 0.6) is 0 Å². The number of fused-ring (bicyclic) bond motifs is 11. The lowest BCUT2D eigenvalue weighted by Gasteiger charge is -2.42. The van der Waals surface area contributed by atoms with Crippen LogP contribution in [-0.2, 0) is 9.53 Å². The van der Waals surface area contributed by atoms with E-state index in [9.17, 15) is 4.79 Å². The first-order chi connectivity index (χ1) is 8.83. The fourth-order valence-corrected chi connectivity index (χ4v) is 5.72. The van der Waals surface area contributed by atoms with Crippen molar-refractivity contribution in [3.05, 3.63) is 35.4 Å². The average molecular weight is 240 g/mol. The van der Waals surface area contributed by atoms with Gasteiger partial charge in [-0.05, 0) is 53.1 Å². The van der Waals surface area contributed by atoms with Crippen LogP contribution in [0, 0.1) is 29.6 Å². The van der Waals surface area contributed by atoms with Gasteiger partial charge in [-0.1, -0.05) is 24.3 Å². The van der Waals surface area contributed by atoms with Crippen LogP contribution >= 0.6 is 0 Å². The van der Waals surface area contributed by atoms with E-state index in [0.717, 1.165) is 23.7 Å². The van der Waals surface area contributed by atoms with E-state index in [1.807, 2.05) is 0 Å². The highest BCUT2D eigenvalue weighted by Crippen LogP contribution is 2.80. The molecule has 2 bridgehead atoms. The second-order valence-corrected chi connectivity index (χ2v) is 6.45. The zero-order valence-electron chi connectivity index (χ0n) is 10.4. The number of rotatable bonds is 1. The van der Waals surface area contributed by atoms with Crippen LogP contribution in [0.25, 0.3) is 0 Å². The van der Waals surface area contributed by atoms with Gasteiger partial charge in [0.2, 0.25) is 0 Å². The molecule has 0 aromatic heterocycles. The first kappa shape index (κ1) is 9.60. The lowest BCUT2D eigenvalue weighted by Crippen LogP contribution is -2.30. The maximum Gasteiger partial charge on any atom is 0.309 e. The van der Waals surface area contributed by atoms with Crippen molar-refractivity contribution in [2.45, 2.75) is 18.3 Å². The van der Waals surface area contributed by atoms with Crippen molar-refractivity contribution >= 4 is 5.97 Å². The van der Waals surface area contributed by atoms with Crippen LogP contribution < -0.4 is 0 Å². The third-order valence-electron chi connectivity index (χ3n) is 6.16. The Kier molecular flexibility index (Phi) is 1.50. The molecule has 5 rings (SSSR count). The van der Waals surface area contributed by atoms with Gasteiger partial charge in [0.1, 0.15) is 0 Å². The minimum absolute atomic E-state index is 0.0463. The summed E-state index contributed by atoms with van der Waals surface area (Å²) in [5.41, 5.74) is 3.15. The summed E-state index contributed by atoms with van der Waals surface area (Å²) in [7, 11) is 1.53. The molecule has 3 fully saturated rings. The predicted octanol–water partition coefficient (Wildman–Crippen LogP) is 2.55. The number of carbonyl (C=O) groups excluding carboxylic acids is 1. The van der Waals surface area contributed by atoms with Crippen molar-refractivity contribution < 1.29 is 9.53 Å². The van der Waals surface area contributed by atoms with Crippen molar-refractivity contribution in [2.75, 3.05) is 7.11 Å². The molecule has 7 atom stereocenters. The summed E-state index contributed by atoms with van der Waals surface area (Å²) in [5, 5.41) is 0. The molecule has 0 radical (unpaired) electrons. The first-order valence-corrected chi connectivity index (χ1v) is 6.99. The van der Waals surface area contributed by atoms with E-state index in [2.05, 4.69) is 24.3 Å². The lowest BCUT2D eigenvalue weighted by atomic mass is 9.61. The van der Waals surface area contributed by atoms with Gasteiger partial charge in [0.15, 0.2) is 0 Å². The van der Waals surface area contributed by atoms with Crippen LogP contribution in [0.3, 0.4) is 0 Å². The van der Waals surface area contributed by atoms with Crippen molar-refractivity contribution in [1.29, 1.82) is 0 Å². The van der Waals surface area contributed by atoms with Crippen molar-refractivity contribution in [3.63, 3.8) is 0 Å². The van der Waals surface area contributed by atoms with Crippen molar-refractivity contribution in [1.82, 2.24) is 0 Å². The Hall–Kier alpha value is -1.31. The van der Waals surface area contributed by atoms with Crippen LogP contribution in [0.1, 0.15) is 29.4 Å². The molecule has 2 heteroatoms. The Bertz CT molecular complexity index is 523. The standard InChI is InChI=1S/C16H16O2/c1-18-16(17)15-13-9-6-10(14(13)15)12-8-5-3-2-4-7(8)11(9)12/h2-5,9-15H,6H2,1H3/t9-,10+,11+,12-,13-,14+,15?. The van der Waals surface area contributed by atoms with Gasteiger partial charge in [-0.3, -0.25) is 4.79 Å². The quantitative estimate of drug-likeness (QED) is 0.557. The van der Waals surface area contributed by atoms with E-state index < -0.39 is 0 Å².